The first-order valence-corrected chi connectivity index (χ1v) is 6.16. The summed E-state index contributed by atoms with van der Waals surface area (Å²) in [4.78, 5) is 14.2. The van der Waals surface area contributed by atoms with E-state index in [0.717, 1.165) is 0 Å². The van der Waals surface area contributed by atoms with Gasteiger partial charge in [-0.3, -0.25) is 0 Å². The van der Waals surface area contributed by atoms with Crippen LogP contribution in [0.4, 0.5) is 11.9 Å². The monoisotopic (exact) mass is 273 g/mol. The lowest BCUT2D eigenvalue weighted by atomic mass is 10.1. The average Bonchev–Trinajstić information content (AvgIpc) is 2.27. The number of anilines is 2. The third-order valence-corrected chi connectivity index (χ3v) is 2.63. The van der Waals surface area contributed by atoms with Crippen molar-refractivity contribution in [1.82, 2.24) is 15.0 Å². The fourth-order valence-corrected chi connectivity index (χ4v) is 1.51. The standard InChI is InChI=1S/C11H20ClN5O/c1-7(2)8(6-18-5)13-10-14-9(12)15-11(16-10)17(3)4/h7-8H,6H2,1-5H3,(H,13,14,15,16). The van der Waals surface area contributed by atoms with E-state index in [1.54, 1.807) is 12.0 Å². The summed E-state index contributed by atoms with van der Waals surface area (Å²) in [6, 6.07) is 0.128. The van der Waals surface area contributed by atoms with Crippen molar-refractivity contribution in [3.63, 3.8) is 0 Å². The molecule has 0 spiro atoms. The average molecular weight is 274 g/mol. The van der Waals surface area contributed by atoms with Crippen LogP contribution < -0.4 is 10.2 Å². The van der Waals surface area contributed by atoms with Crippen molar-refractivity contribution in [2.75, 3.05) is 38.0 Å². The molecule has 1 rings (SSSR count). The van der Waals surface area contributed by atoms with Crippen molar-refractivity contribution in [2.24, 2.45) is 5.92 Å². The topological polar surface area (TPSA) is 63.2 Å². The van der Waals surface area contributed by atoms with Crippen molar-refractivity contribution in [2.45, 2.75) is 19.9 Å². The van der Waals surface area contributed by atoms with Crippen LogP contribution in [0.5, 0.6) is 0 Å². The zero-order valence-electron chi connectivity index (χ0n) is 11.4. The number of halogens is 1. The first kappa shape index (κ1) is 14.9. The summed E-state index contributed by atoms with van der Waals surface area (Å²) in [6.07, 6.45) is 0. The number of rotatable bonds is 6. The maximum absolute atomic E-state index is 5.87. The molecule has 0 amide bonds. The van der Waals surface area contributed by atoms with Crippen LogP contribution >= 0.6 is 11.6 Å². The van der Waals surface area contributed by atoms with Gasteiger partial charge in [-0.2, -0.15) is 15.0 Å². The van der Waals surface area contributed by atoms with Gasteiger partial charge in [-0.15, -0.1) is 0 Å². The maximum Gasteiger partial charge on any atom is 0.230 e. The molecular formula is C11H20ClN5O. The van der Waals surface area contributed by atoms with Crippen LogP contribution in [0.3, 0.4) is 0 Å². The molecule has 1 aromatic rings. The van der Waals surface area contributed by atoms with Gasteiger partial charge in [0.15, 0.2) is 0 Å². The molecule has 102 valence electrons. The van der Waals surface area contributed by atoms with Crippen molar-refractivity contribution in [1.29, 1.82) is 0 Å². The van der Waals surface area contributed by atoms with Gasteiger partial charge in [0, 0.05) is 21.2 Å². The van der Waals surface area contributed by atoms with Gasteiger partial charge in [0.25, 0.3) is 0 Å². The van der Waals surface area contributed by atoms with Crippen molar-refractivity contribution in [3.05, 3.63) is 5.28 Å². The number of nitrogens with zero attached hydrogens (tertiary/aromatic N) is 4. The third kappa shape index (κ3) is 4.27. The first-order valence-electron chi connectivity index (χ1n) is 5.78. The molecule has 0 saturated carbocycles. The Hall–Kier alpha value is -1.14. The highest BCUT2D eigenvalue weighted by atomic mass is 35.5. The maximum atomic E-state index is 5.87. The molecular weight excluding hydrogens is 254 g/mol. The van der Waals surface area contributed by atoms with E-state index in [4.69, 9.17) is 16.3 Å². The zero-order chi connectivity index (χ0) is 13.7. The molecule has 0 aromatic carbocycles. The minimum Gasteiger partial charge on any atom is -0.383 e. The summed E-state index contributed by atoms with van der Waals surface area (Å²) in [6.45, 7) is 4.79. The number of hydrogen-bond donors (Lipinski definition) is 1. The Kier molecular flexibility index (Phi) is 5.55. The summed E-state index contributed by atoms with van der Waals surface area (Å²) in [5.41, 5.74) is 0. The van der Waals surface area contributed by atoms with E-state index < -0.39 is 0 Å². The molecule has 7 heteroatoms. The molecule has 18 heavy (non-hydrogen) atoms. The number of nitrogens with one attached hydrogen (secondary N) is 1. The quantitative estimate of drug-likeness (QED) is 0.851. The third-order valence-electron chi connectivity index (χ3n) is 2.46. The van der Waals surface area contributed by atoms with E-state index in [-0.39, 0.29) is 11.3 Å². The van der Waals surface area contributed by atoms with Crippen LogP contribution in [0.2, 0.25) is 5.28 Å². The van der Waals surface area contributed by atoms with E-state index in [1.807, 2.05) is 14.1 Å². The Morgan fingerprint density at radius 1 is 1.28 bits per heavy atom. The van der Waals surface area contributed by atoms with E-state index in [1.165, 1.54) is 0 Å². The smallest absolute Gasteiger partial charge is 0.230 e. The minimum atomic E-state index is 0.128. The van der Waals surface area contributed by atoms with E-state index >= 15 is 0 Å². The van der Waals surface area contributed by atoms with Crippen LogP contribution in [-0.4, -0.2) is 48.8 Å². The number of methoxy groups -OCH3 is 1. The molecule has 0 radical (unpaired) electrons. The lowest BCUT2D eigenvalue weighted by Crippen LogP contribution is -2.31. The predicted octanol–water partition coefficient (Wildman–Crippen LogP) is 1.67. The van der Waals surface area contributed by atoms with Crippen LogP contribution in [0, 0.1) is 5.92 Å². The molecule has 6 nitrogen and oxygen atoms in total. The largest absolute Gasteiger partial charge is 0.383 e. The molecule has 1 heterocycles. The Bertz CT molecular complexity index is 386. The van der Waals surface area contributed by atoms with Gasteiger partial charge in [-0.1, -0.05) is 13.8 Å². The van der Waals surface area contributed by atoms with Gasteiger partial charge in [-0.05, 0) is 17.5 Å². The lowest BCUT2D eigenvalue weighted by Gasteiger charge is -2.22. The molecule has 0 aliphatic carbocycles. The molecule has 0 saturated heterocycles. The van der Waals surface area contributed by atoms with Gasteiger partial charge >= 0.3 is 0 Å². The summed E-state index contributed by atoms with van der Waals surface area (Å²) in [5.74, 6) is 1.38. The normalized spacial score (nSPS) is 12.6. The van der Waals surface area contributed by atoms with Gasteiger partial charge in [-0.25, -0.2) is 0 Å². The zero-order valence-corrected chi connectivity index (χ0v) is 12.2. The number of aromatic nitrogens is 3. The summed E-state index contributed by atoms with van der Waals surface area (Å²) in [7, 11) is 5.37. The van der Waals surface area contributed by atoms with Crippen molar-refractivity contribution < 1.29 is 4.74 Å². The van der Waals surface area contributed by atoms with Gasteiger partial charge < -0.3 is 15.0 Å². The lowest BCUT2D eigenvalue weighted by molar-refractivity contribution is 0.171. The first-order chi connectivity index (χ1) is 8.43. The van der Waals surface area contributed by atoms with Crippen molar-refractivity contribution >= 4 is 23.5 Å². The van der Waals surface area contributed by atoms with Crippen LogP contribution in [0.1, 0.15) is 13.8 Å². The Labute approximate surface area is 113 Å². The summed E-state index contributed by atoms with van der Waals surface area (Å²) in [5, 5.41) is 3.39. The number of ether oxygens (including phenoxy) is 1. The van der Waals surface area contributed by atoms with Crippen LogP contribution in [0.15, 0.2) is 0 Å². The Morgan fingerprint density at radius 3 is 2.44 bits per heavy atom. The SMILES string of the molecule is COCC(Nc1nc(Cl)nc(N(C)C)n1)C(C)C. The fourth-order valence-electron chi connectivity index (χ4n) is 1.35. The second kappa shape index (κ2) is 6.70. The van der Waals surface area contributed by atoms with E-state index in [9.17, 15) is 0 Å². The molecule has 0 fully saturated rings. The second-order valence-electron chi connectivity index (χ2n) is 4.57. The van der Waals surface area contributed by atoms with Crippen molar-refractivity contribution in [3.8, 4) is 0 Å². The summed E-state index contributed by atoms with van der Waals surface area (Å²) >= 11 is 5.87. The fraction of sp³-hybridized carbons (Fsp3) is 0.727. The highest BCUT2D eigenvalue weighted by Crippen LogP contribution is 2.14. The molecule has 1 aromatic heterocycles. The molecule has 1 atom stereocenters. The van der Waals surface area contributed by atoms with Crippen LogP contribution in [0.25, 0.3) is 0 Å². The molecule has 1 unspecified atom stereocenters. The molecule has 0 bridgehead atoms. The minimum absolute atomic E-state index is 0.128. The van der Waals surface area contributed by atoms with Gasteiger partial charge in [0.2, 0.25) is 17.2 Å². The molecule has 0 aliphatic heterocycles. The van der Waals surface area contributed by atoms with E-state index in [0.29, 0.717) is 24.4 Å². The van der Waals surface area contributed by atoms with Gasteiger partial charge in [0.05, 0.1) is 12.6 Å². The second-order valence-corrected chi connectivity index (χ2v) is 4.91. The number of hydrogen-bond acceptors (Lipinski definition) is 6. The highest BCUT2D eigenvalue weighted by molar-refractivity contribution is 6.28. The summed E-state index contributed by atoms with van der Waals surface area (Å²) < 4.78 is 5.17. The predicted molar refractivity (Wildman–Crippen MR) is 73.3 cm³/mol. The highest BCUT2D eigenvalue weighted by Gasteiger charge is 2.15. The Balaban J connectivity index is 2.88. The van der Waals surface area contributed by atoms with E-state index in [2.05, 4.69) is 34.1 Å². The molecule has 0 aliphatic rings. The molecule has 1 N–H and O–H groups in total. The van der Waals surface area contributed by atoms with Gasteiger partial charge in [0.1, 0.15) is 0 Å². The Morgan fingerprint density at radius 2 is 1.94 bits per heavy atom. The van der Waals surface area contributed by atoms with Crippen LogP contribution in [-0.2, 0) is 4.74 Å².